The van der Waals surface area contributed by atoms with Gasteiger partial charge in [0.25, 0.3) is 47.8 Å². The van der Waals surface area contributed by atoms with Gasteiger partial charge in [0.05, 0.1) is 81.8 Å². The van der Waals surface area contributed by atoms with Gasteiger partial charge in [0.15, 0.2) is 0 Å². The van der Waals surface area contributed by atoms with Gasteiger partial charge in [-0.05, 0) is 216 Å². The van der Waals surface area contributed by atoms with E-state index in [1.165, 1.54) is 94.1 Å². The Bertz CT molecular complexity index is 5260. The number of carbonyl (C=O) groups excluding carboxylic acids is 17. The van der Waals surface area contributed by atoms with E-state index in [4.69, 9.17) is 47.4 Å². The second kappa shape index (κ2) is 45.4. The lowest BCUT2D eigenvalue weighted by molar-refractivity contribution is -0.176. The number of nitrogens with zero attached hydrogens (tertiary/aromatic N) is 4. The van der Waals surface area contributed by atoms with Gasteiger partial charge in [-0.3, -0.25) is 81.5 Å². The van der Waals surface area contributed by atoms with E-state index in [2.05, 4.69) is 18.6 Å². The van der Waals surface area contributed by atoms with E-state index < -0.39 is 181 Å². The number of likely N-dealkylation sites (N-methyl/N-ethyl adjacent to an activating group) is 1. The van der Waals surface area contributed by atoms with Crippen LogP contribution in [0.15, 0.2) is 87.5 Å². The molecule has 3 aliphatic heterocycles. The van der Waals surface area contributed by atoms with E-state index in [1.807, 2.05) is 19.0 Å². The highest BCUT2D eigenvalue weighted by molar-refractivity contribution is 7.91. The van der Waals surface area contributed by atoms with E-state index in [1.54, 1.807) is 90.0 Å². The van der Waals surface area contributed by atoms with Gasteiger partial charge < -0.3 is 57.0 Å². The molecule has 2 aliphatic carbocycles. The highest BCUT2D eigenvalue weighted by Crippen LogP contribution is 2.59. The van der Waals surface area contributed by atoms with Crippen molar-refractivity contribution in [1.29, 1.82) is 0 Å². The Kier molecular flexibility index (Phi) is 37.8. The van der Waals surface area contributed by atoms with Crippen molar-refractivity contribution in [2.75, 3.05) is 88.2 Å². The summed E-state index contributed by atoms with van der Waals surface area (Å²) in [4.78, 5) is 216. The van der Waals surface area contributed by atoms with Crippen LogP contribution in [0.2, 0.25) is 0 Å². The molecule has 3 aromatic rings. The zero-order valence-electron chi connectivity index (χ0n) is 79.3. The number of imide groups is 3. The van der Waals surface area contributed by atoms with Gasteiger partial charge in [-0.25, -0.2) is 25.3 Å². The van der Waals surface area contributed by atoms with Gasteiger partial charge >= 0.3 is 65.7 Å². The number of esters is 11. The number of sulfonamides is 3. The second-order valence-electron chi connectivity index (χ2n) is 38.2. The molecular formula is C92H126N4O34S3. The van der Waals surface area contributed by atoms with Crippen LogP contribution in [0, 0.1) is 61.1 Å². The number of methoxy groups -OCH3 is 3. The lowest BCUT2D eigenvalue weighted by atomic mass is 9.62. The first-order chi connectivity index (χ1) is 61.6. The highest BCUT2D eigenvalue weighted by Gasteiger charge is 2.59. The number of fused-ring (bicyclic) bond motifs is 5. The number of hydrogen-bond acceptors (Lipinski definition) is 35. The van der Waals surface area contributed by atoms with Crippen molar-refractivity contribution in [2.45, 2.75) is 234 Å². The summed E-state index contributed by atoms with van der Waals surface area (Å²) >= 11 is 0. The maximum atomic E-state index is 14.5. The van der Waals surface area contributed by atoms with E-state index in [-0.39, 0.29) is 191 Å². The number of ether oxygens (including phenoxy) is 11. The van der Waals surface area contributed by atoms with E-state index in [9.17, 15) is 107 Å². The summed E-state index contributed by atoms with van der Waals surface area (Å²) < 4.78 is 134. The topological polar surface area (TPSA) is 507 Å². The molecule has 2 bridgehead atoms. The Morgan fingerprint density at radius 2 is 0.714 bits per heavy atom. The molecule has 0 saturated heterocycles. The highest BCUT2D eigenvalue weighted by atomic mass is 32.2. The van der Waals surface area contributed by atoms with Gasteiger partial charge in [0.1, 0.15) is 67.0 Å². The Morgan fingerprint density at radius 3 is 1.03 bits per heavy atom. The third-order valence-corrected chi connectivity index (χ3v) is 29.2. The second-order valence-corrected chi connectivity index (χ2v) is 43.5. The predicted molar refractivity (Wildman–Crippen MR) is 469 cm³/mol. The van der Waals surface area contributed by atoms with Crippen molar-refractivity contribution >= 4 is 131 Å². The van der Waals surface area contributed by atoms with Crippen LogP contribution < -0.4 is 0 Å². The van der Waals surface area contributed by atoms with Crippen LogP contribution in [0.5, 0.6) is 0 Å². The van der Waals surface area contributed by atoms with Crippen LogP contribution >= 0.6 is 0 Å². The summed E-state index contributed by atoms with van der Waals surface area (Å²) in [6.07, 6.45) is 0.582. The summed E-state index contributed by atoms with van der Waals surface area (Å²) in [5.74, 6) is -12.1. The Morgan fingerprint density at radius 1 is 0.398 bits per heavy atom. The number of benzene rings is 3. The molecule has 0 radical (unpaired) electrons. The molecule has 0 N–H and O–H groups in total. The van der Waals surface area contributed by atoms with Crippen LogP contribution in [-0.2, 0) is 149 Å². The molecule has 133 heavy (non-hydrogen) atoms. The minimum atomic E-state index is -4.33. The maximum Gasteiger partial charge on any atom is 0.312 e. The normalized spacial score (nSPS) is 18.2. The molecule has 736 valence electrons. The molecule has 3 aromatic carbocycles. The van der Waals surface area contributed by atoms with E-state index in [0.29, 0.717) is 12.5 Å². The molecule has 5 aliphatic rings. The quantitative estimate of drug-likeness (QED) is 0.0289. The fourth-order valence-electron chi connectivity index (χ4n) is 17.6. The smallest absolute Gasteiger partial charge is 0.312 e. The molecular weight excluding hydrogens is 1800 g/mol. The van der Waals surface area contributed by atoms with Gasteiger partial charge in [-0.15, -0.1) is 0 Å². The third-order valence-electron chi connectivity index (χ3n) is 23.9. The Labute approximate surface area is 776 Å². The molecule has 6 unspecified atom stereocenters. The molecule has 6 atom stereocenters. The van der Waals surface area contributed by atoms with Crippen molar-refractivity contribution in [2.24, 2.45) is 61.1 Å². The molecule has 41 heteroatoms. The van der Waals surface area contributed by atoms with Gasteiger partial charge in [0, 0.05) is 51.0 Å². The molecule has 2 fully saturated rings. The Hall–Kier alpha value is -10.9. The van der Waals surface area contributed by atoms with Crippen molar-refractivity contribution in [1.82, 2.24) is 17.8 Å². The minimum absolute atomic E-state index is 0.0118. The summed E-state index contributed by atoms with van der Waals surface area (Å²) in [6, 6.07) is 16.6. The van der Waals surface area contributed by atoms with Gasteiger partial charge in [0.2, 0.25) is 17.7 Å². The van der Waals surface area contributed by atoms with E-state index >= 15 is 0 Å². The van der Waals surface area contributed by atoms with Crippen LogP contribution in [0.3, 0.4) is 0 Å². The average Bonchev–Trinajstić information content (AvgIpc) is 1.53. The van der Waals surface area contributed by atoms with Crippen LogP contribution in [0.4, 0.5) is 0 Å². The van der Waals surface area contributed by atoms with Crippen LogP contribution in [-0.4, -0.2) is 238 Å². The first kappa shape index (κ1) is 111. The van der Waals surface area contributed by atoms with Crippen molar-refractivity contribution < 1.29 is 159 Å². The fraction of sp³-hybridized carbons (Fsp3) is 0.620. The number of amides is 6. The standard InChI is InChI=1S/C45H66N2O14S.C24H31NO10S.C23H29NO10S/c1-41(2,38(52)60-24-23-58-35(49)18-14-17-34(48)47-36(50)30-15-12-13-16-33(30)62(47,55)56)26-44(7,39(53)57-11)28-45(8,27-42(3,4)37(51)59-22-21-46(9)10)40(54)61-32-25-29-19-20-31(32)43(29,5)6;1-23(2,21(29)33-5)15-24(3,4)22(30)35-14-13-34-19(27)12-8-11-18(26)25-20(28)16-9-6-7-10-17(16)36(25,31)32;1-15(21(28)32-4)14-23(2,3)22(29)34-13-12-33-19(26)11-7-10-18(25)24-20(27)16-8-5-6-9-17(16)35(24,30)31/h12-13,15-16,29,31-32H,14,17-28H2,1-11H3;6-7,9-10H,8,11-15H2,1-5H3;5-6,8-9,15H,7,10-14H2,1-4H3. The summed E-state index contributed by atoms with van der Waals surface area (Å²) in [5.41, 5.74) is -8.46. The van der Waals surface area contributed by atoms with Crippen molar-refractivity contribution in [3.05, 3.63) is 89.5 Å². The number of hydrogen-bond donors (Lipinski definition) is 0. The largest absolute Gasteiger partial charge is 0.469 e. The third kappa shape index (κ3) is 27.7. The van der Waals surface area contributed by atoms with Crippen molar-refractivity contribution in [3.8, 4) is 0 Å². The lowest BCUT2D eigenvalue weighted by Crippen LogP contribution is -2.47. The summed E-state index contributed by atoms with van der Waals surface area (Å²) in [5, 5.41) is 0. The monoisotopic (exact) mass is 1930 g/mol. The molecule has 8 rings (SSSR count). The molecule has 6 amide bonds. The van der Waals surface area contributed by atoms with Gasteiger partial charge in [-0.1, -0.05) is 57.2 Å². The first-order valence-electron chi connectivity index (χ1n) is 43.5. The summed E-state index contributed by atoms with van der Waals surface area (Å²) in [7, 11) is -5.37. The lowest BCUT2D eigenvalue weighted by Gasteiger charge is -2.42. The minimum Gasteiger partial charge on any atom is -0.469 e. The van der Waals surface area contributed by atoms with Crippen LogP contribution in [0.25, 0.3) is 0 Å². The Balaban J connectivity index is 0.000000328. The molecule has 3 heterocycles. The van der Waals surface area contributed by atoms with E-state index in [0.717, 1.165) is 19.3 Å². The molecule has 0 aromatic heterocycles. The number of rotatable bonds is 43. The molecule has 38 nitrogen and oxygen atoms in total. The average molecular weight is 1930 g/mol. The first-order valence-corrected chi connectivity index (χ1v) is 47.8. The van der Waals surface area contributed by atoms with Crippen LogP contribution in [0.1, 0.15) is 244 Å². The fourth-order valence-corrected chi connectivity index (χ4v) is 22.3. The molecule has 0 spiro atoms. The molecule has 2 saturated carbocycles. The predicted octanol–water partition coefficient (Wildman–Crippen LogP) is 9.57. The number of carbonyl (C=O) groups is 17. The zero-order chi connectivity index (χ0) is 100. The SMILES string of the molecule is COC(=O)C(C)(C)CC(C)(C)C(=O)OCCOC(=O)CCCC(=O)N1C(=O)c2ccccc2S1(=O)=O.COC(=O)C(C)(CC(C)(C)C(=O)OCCOC(=O)CCCC(=O)N1C(=O)c2ccccc2S1(=O)=O)CC(C)(CC(C)(C)C(=O)OCCN(C)C)C(=O)OC1CC2CCC1C2(C)C.COC(=O)C(C)CC(C)(C)C(=O)OCCOC(=O)CCCC(=O)N1C(=O)c2ccccc2S1(=O)=O. The maximum absolute atomic E-state index is 14.5. The summed E-state index contributed by atoms with van der Waals surface area (Å²) in [6.45, 7) is 24.9. The van der Waals surface area contributed by atoms with Crippen molar-refractivity contribution in [3.63, 3.8) is 0 Å². The van der Waals surface area contributed by atoms with Gasteiger partial charge in [-0.2, -0.15) is 12.9 Å². The zero-order valence-corrected chi connectivity index (χ0v) is 81.8.